The van der Waals surface area contributed by atoms with E-state index in [-0.39, 0.29) is 0 Å². The van der Waals surface area contributed by atoms with Gasteiger partial charge in [0, 0.05) is 50.0 Å². The van der Waals surface area contributed by atoms with Crippen LogP contribution in [0.5, 0.6) is 0 Å². The van der Waals surface area contributed by atoms with Crippen LogP contribution in [-0.4, -0.2) is 19.2 Å². The number of aromatic nitrogens is 5. The molecule has 0 saturated carbocycles. The molecule has 3 aromatic heterocycles. The minimum absolute atomic E-state index is 0.652. The second-order valence-corrected chi connectivity index (χ2v) is 12.6. The minimum atomic E-state index is 0.652. The van der Waals surface area contributed by atoms with E-state index in [9.17, 15) is 0 Å². The van der Waals surface area contributed by atoms with E-state index in [1.54, 1.807) is 0 Å². The second-order valence-electron chi connectivity index (χ2n) is 12.6. The molecule has 234 valence electrons. The smallest absolute Gasteiger partial charge is 0.246 e. The van der Waals surface area contributed by atoms with Gasteiger partial charge in [0.1, 0.15) is 0 Å². The van der Waals surface area contributed by atoms with Crippen LogP contribution >= 0.6 is 0 Å². The molecule has 5 heteroatoms. The van der Waals surface area contributed by atoms with Crippen molar-refractivity contribution in [3.05, 3.63) is 182 Å². The number of hydrogen-bond donors (Lipinski definition) is 0. The summed E-state index contributed by atoms with van der Waals surface area (Å²) >= 11 is 0. The molecule has 0 unspecified atom stereocenters. The predicted molar refractivity (Wildman–Crippen MR) is 203 cm³/mol. The number of rotatable bonds is 5. The molecule has 10 rings (SSSR count). The molecule has 0 N–H and O–H groups in total. The fraction of sp³-hybridized carbons (Fsp3) is 0. The van der Waals surface area contributed by atoms with Gasteiger partial charge in [-0.2, -0.15) is 4.98 Å². The maximum atomic E-state index is 5.28. The lowest BCUT2D eigenvalue weighted by Crippen LogP contribution is -2.36. The fourth-order valence-corrected chi connectivity index (χ4v) is 7.34. The summed E-state index contributed by atoms with van der Waals surface area (Å²) in [5.74, 6) is 1.44. The molecule has 0 amide bonds. The van der Waals surface area contributed by atoms with E-state index >= 15 is 0 Å². The van der Waals surface area contributed by atoms with Gasteiger partial charge in [-0.1, -0.05) is 127 Å². The molecule has 0 fully saturated rings. The normalized spacial score (nSPS) is 11.6. The molecule has 0 aliphatic rings. The monoisotopic (exact) mass is 640 g/mol. The maximum Gasteiger partial charge on any atom is 0.246 e. The van der Waals surface area contributed by atoms with Crippen molar-refractivity contribution in [2.45, 2.75) is 0 Å². The highest BCUT2D eigenvalue weighted by Gasteiger charge is 2.23. The highest BCUT2D eigenvalue weighted by atomic mass is 15.3. The molecule has 0 saturated heterocycles. The third-order valence-electron chi connectivity index (χ3n) is 9.62. The van der Waals surface area contributed by atoms with E-state index in [1.165, 1.54) is 27.1 Å². The van der Waals surface area contributed by atoms with Crippen LogP contribution in [0, 0.1) is 0 Å². The Balaban J connectivity index is 1.28. The van der Waals surface area contributed by atoms with Crippen LogP contribution in [0.4, 0.5) is 0 Å². The molecular weight excluding hydrogens is 611 g/mol. The molecule has 0 atom stereocenters. The lowest BCUT2D eigenvalue weighted by Gasteiger charge is -2.10. The maximum absolute atomic E-state index is 5.28. The average molecular weight is 641 g/mol. The van der Waals surface area contributed by atoms with E-state index < -0.39 is 0 Å². The van der Waals surface area contributed by atoms with E-state index in [4.69, 9.17) is 10.1 Å². The van der Waals surface area contributed by atoms with Crippen molar-refractivity contribution in [1.29, 1.82) is 0 Å². The first-order valence-electron chi connectivity index (χ1n) is 16.8. The van der Waals surface area contributed by atoms with Gasteiger partial charge < -0.3 is 4.57 Å². The van der Waals surface area contributed by atoms with E-state index in [2.05, 4.69) is 167 Å². The van der Waals surface area contributed by atoms with Crippen molar-refractivity contribution in [3.8, 4) is 39.7 Å². The van der Waals surface area contributed by atoms with Crippen molar-refractivity contribution < 1.29 is 4.68 Å². The van der Waals surface area contributed by atoms with Crippen LogP contribution in [0.15, 0.2) is 182 Å². The number of hydrogen-bond acceptors (Lipinski definition) is 2. The highest BCUT2D eigenvalue weighted by Crippen LogP contribution is 2.39. The summed E-state index contributed by atoms with van der Waals surface area (Å²) in [7, 11) is 0. The Morgan fingerprint density at radius 3 is 1.66 bits per heavy atom. The number of benzene rings is 7. The molecule has 5 nitrogen and oxygen atoms in total. The van der Waals surface area contributed by atoms with Crippen LogP contribution in [0.3, 0.4) is 0 Å². The lowest BCUT2D eigenvalue weighted by atomic mass is 10.1. The summed E-state index contributed by atoms with van der Waals surface area (Å²) < 4.78 is 6.64. The first-order valence-corrected chi connectivity index (χ1v) is 16.8. The molecule has 50 heavy (non-hydrogen) atoms. The summed E-state index contributed by atoms with van der Waals surface area (Å²) in [5, 5.41) is 9.91. The molecule has 7 aromatic carbocycles. The number of fused-ring (bicyclic) bond motifs is 6. The topological polar surface area (TPSA) is 39.5 Å². The van der Waals surface area contributed by atoms with Crippen molar-refractivity contribution in [3.63, 3.8) is 0 Å². The van der Waals surface area contributed by atoms with Crippen molar-refractivity contribution in [2.24, 2.45) is 0 Å². The Morgan fingerprint density at radius 1 is 0.400 bits per heavy atom. The fourth-order valence-electron chi connectivity index (χ4n) is 7.34. The van der Waals surface area contributed by atoms with Crippen LogP contribution < -0.4 is 4.68 Å². The van der Waals surface area contributed by atoms with Gasteiger partial charge in [-0.05, 0) is 52.2 Å². The van der Waals surface area contributed by atoms with Gasteiger partial charge in [-0.3, -0.25) is 4.57 Å². The predicted octanol–water partition coefficient (Wildman–Crippen LogP) is 10.3. The second kappa shape index (κ2) is 11.4. The molecule has 0 spiro atoms. The van der Waals surface area contributed by atoms with Crippen molar-refractivity contribution in [1.82, 2.24) is 19.2 Å². The summed E-state index contributed by atoms with van der Waals surface area (Å²) in [4.78, 5) is 5.28. The Hall–Kier alpha value is -6.85. The largest absolute Gasteiger partial charge is 0.309 e. The number of nitrogens with zero attached hydrogens (tertiary/aromatic N) is 5. The molecule has 0 aliphatic carbocycles. The third-order valence-corrected chi connectivity index (χ3v) is 9.62. The van der Waals surface area contributed by atoms with E-state index in [0.717, 1.165) is 50.4 Å². The molecule has 10 aromatic rings. The molecule has 0 radical (unpaired) electrons. The SMILES string of the molecule is c1ccc(-c2cccc(-[n+]3cc(-n4c5ccccc5c5cc6c7ccccc7n(-c7ccccc7)c6cc54)nc(-c4ccccc4)n3)c2)cc1. The minimum Gasteiger partial charge on any atom is -0.309 e. The molecule has 0 bridgehead atoms. The molecule has 0 aliphatic heterocycles. The zero-order valence-electron chi connectivity index (χ0n) is 27.1. The summed E-state index contributed by atoms with van der Waals surface area (Å²) in [5.41, 5.74) is 9.84. The number of para-hydroxylation sites is 3. The lowest BCUT2D eigenvalue weighted by molar-refractivity contribution is -0.659. The zero-order valence-corrected chi connectivity index (χ0v) is 27.1. The Labute approximate surface area is 288 Å². The zero-order chi connectivity index (χ0) is 33.0. The Bertz CT molecular complexity index is 2850. The first-order chi connectivity index (χ1) is 24.8. The summed E-state index contributed by atoms with van der Waals surface area (Å²) in [6.07, 6.45) is 2.05. The van der Waals surface area contributed by atoms with Crippen LogP contribution in [0.25, 0.3) is 83.3 Å². The molecular formula is C45H30N5+. The van der Waals surface area contributed by atoms with Crippen LogP contribution in [0.1, 0.15) is 0 Å². The van der Waals surface area contributed by atoms with Gasteiger partial charge in [0.2, 0.25) is 23.5 Å². The highest BCUT2D eigenvalue weighted by molar-refractivity contribution is 6.19. The quantitative estimate of drug-likeness (QED) is 0.176. The summed E-state index contributed by atoms with van der Waals surface area (Å²) in [6, 6.07) is 61.8. The first kappa shape index (κ1) is 28.2. The van der Waals surface area contributed by atoms with Gasteiger partial charge in [-0.25, -0.2) is 0 Å². The van der Waals surface area contributed by atoms with Gasteiger partial charge >= 0.3 is 0 Å². The van der Waals surface area contributed by atoms with Crippen molar-refractivity contribution in [2.75, 3.05) is 0 Å². The van der Waals surface area contributed by atoms with Gasteiger partial charge in [0.15, 0.2) is 0 Å². The van der Waals surface area contributed by atoms with Crippen molar-refractivity contribution >= 4 is 43.6 Å². The van der Waals surface area contributed by atoms with Gasteiger partial charge in [-0.15, -0.1) is 0 Å². The van der Waals surface area contributed by atoms with Crippen LogP contribution in [-0.2, 0) is 0 Å². The van der Waals surface area contributed by atoms with E-state index in [1.807, 2.05) is 28.9 Å². The molecule has 3 heterocycles. The Morgan fingerprint density at radius 2 is 0.960 bits per heavy atom. The Kier molecular flexibility index (Phi) is 6.42. The van der Waals surface area contributed by atoms with Gasteiger partial charge in [0.25, 0.3) is 0 Å². The standard InChI is InChI=1S/C45H30N5/c1-4-15-31(16-5-1)33-19-14-22-35(27-33)48-30-44(46-45(47-48)32-17-6-2-7-18-32)50-41-26-13-11-24-37(41)39-28-38-36-23-10-12-25-40(36)49(42(38)29-43(39)50)34-20-8-3-9-21-34/h1-30H/q+1. The average Bonchev–Trinajstić information content (AvgIpc) is 3.70. The van der Waals surface area contributed by atoms with Gasteiger partial charge in [0.05, 0.1) is 22.1 Å². The van der Waals surface area contributed by atoms with Crippen LogP contribution in [0.2, 0.25) is 0 Å². The third kappa shape index (κ3) is 4.52. The summed E-state index contributed by atoms with van der Waals surface area (Å²) in [6.45, 7) is 0. The van der Waals surface area contributed by atoms with E-state index in [0.29, 0.717) is 5.82 Å².